The van der Waals surface area contributed by atoms with E-state index >= 15 is 0 Å². The molecule has 0 saturated carbocycles. The van der Waals surface area contributed by atoms with Crippen LogP contribution in [0.4, 0.5) is 0 Å². The molecule has 2 heterocycles. The standard InChI is InChI=1S/C10H4Br4S2/c11-5-3-15-7(9(5)13)1-2-8-10(14)6(12)4-16-8/h1-4H. The van der Waals surface area contributed by atoms with Crippen molar-refractivity contribution in [2.75, 3.05) is 0 Å². The molecule has 2 aromatic rings. The molecule has 0 aliphatic heterocycles. The summed E-state index contributed by atoms with van der Waals surface area (Å²) in [5.74, 6) is 0. The van der Waals surface area contributed by atoms with Crippen molar-refractivity contribution in [1.82, 2.24) is 0 Å². The normalized spacial score (nSPS) is 11.5. The summed E-state index contributed by atoms with van der Waals surface area (Å²) >= 11 is 17.4. The van der Waals surface area contributed by atoms with Crippen molar-refractivity contribution in [2.45, 2.75) is 0 Å². The molecule has 16 heavy (non-hydrogen) atoms. The molecule has 0 nitrogen and oxygen atoms in total. The molecule has 0 radical (unpaired) electrons. The first-order valence-electron chi connectivity index (χ1n) is 4.12. The highest BCUT2D eigenvalue weighted by Crippen LogP contribution is 2.36. The zero-order chi connectivity index (χ0) is 11.7. The Kier molecular flexibility index (Phi) is 4.89. The van der Waals surface area contributed by atoms with Gasteiger partial charge >= 0.3 is 0 Å². The van der Waals surface area contributed by atoms with Gasteiger partial charge in [-0.15, -0.1) is 22.7 Å². The SMILES string of the molecule is Brc1csc(C=Cc2scc(Br)c2Br)c1Br. The maximum Gasteiger partial charge on any atom is 0.0497 e. The van der Waals surface area contributed by atoms with Crippen LogP contribution in [0.15, 0.2) is 28.7 Å². The molecule has 0 atom stereocenters. The first kappa shape index (κ1) is 13.5. The van der Waals surface area contributed by atoms with Gasteiger partial charge < -0.3 is 0 Å². The highest BCUT2D eigenvalue weighted by molar-refractivity contribution is 9.13. The third-order valence-corrected chi connectivity index (χ3v) is 8.87. The lowest BCUT2D eigenvalue weighted by atomic mass is 10.3. The molecule has 0 N–H and O–H groups in total. The van der Waals surface area contributed by atoms with Crippen LogP contribution >= 0.6 is 86.4 Å². The van der Waals surface area contributed by atoms with Crippen LogP contribution in [0.25, 0.3) is 12.2 Å². The molecule has 0 aliphatic carbocycles. The van der Waals surface area contributed by atoms with Crippen molar-refractivity contribution in [1.29, 1.82) is 0 Å². The molecule has 0 amide bonds. The number of thiophene rings is 2. The van der Waals surface area contributed by atoms with E-state index < -0.39 is 0 Å². The second-order valence-corrected chi connectivity index (χ2v) is 7.97. The Hall–Kier alpha value is 1.06. The molecule has 0 spiro atoms. The van der Waals surface area contributed by atoms with Gasteiger partial charge in [0, 0.05) is 38.4 Å². The Labute approximate surface area is 135 Å². The third kappa shape index (κ3) is 2.90. The summed E-state index contributed by atoms with van der Waals surface area (Å²) in [5.41, 5.74) is 0. The van der Waals surface area contributed by atoms with E-state index in [0.717, 1.165) is 17.9 Å². The zero-order valence-electron chi connectivity index (χ0n) is 7.64. The average molecular weight is 508 g/mol. The van der Waals surface area contributed by atoms with Crippen LogP contribution in [-0.2, 0) is 0 Å². The fourth-order valence-electron chi connectivity index (χ4n) is 1.05. The number of rotatable bonds is 2. The molecule has 2 aromatic heterocycles. The first-order valence-corrected chi connectivity index (χ1v) is 9.05. The van der Waals surface area contributed by atoms with Crippen molar-refractivity contribution in [3.8, 4) is 0 Å². The Balaban J connectivity index is 2.28. The molecular weight excluding hydrogens is 504 g/mol. The van der Waals surface area contributed by atoms with E-state index in [1.807, 2.05) is 0 Å². The summed E-state index contributed by atoms with van der Waals surface area (Å²) < 4.78 is 4.42. The molecule has 0 aromatic carbocycles. The number of hydrogen-bond donors (Lipinski definition) is 0. The van der Waals surface area contributed by atoms with E-state index in [9.17, 15) is 0 Å². The highest BCUT2D eigenvalue weighted by Gasteiger charge is 2.06. The molecule has 0 unspecified atom stereocenters. The minimum Gasteiger partial charge on any atom is -0.142 e. The van der Waals surface area contributed by atoms with E-state index in [4.69, 9.17) is 0 Å². The van der Waals surface area contributed by atoms with Crippen molar-refractivity contribution in [3.63, 3.8) is 0 Å². The minimum absolute atomic E-state index is 1.10. The molecule has 0 fully saturated rings. The van der Waals surface area contributed by atoms with Gasteiger partial charge in [-0.2, -0.15) is 0 Å². The predicted octanol–water partition coefficient (Wildman–Crippen LogP) is 7.03. The fourth-order valence-corrected chi connectivity index (χ4v) is 5.07. The quantitative estimate of drug-likeness (QED) is 0.409. The van der Waals surface area contributed by atoms with E-state index in [0.29, 0.717) is 0 Å². The van der Waals surface area contributed by atoms with E-state index in [1.165, 1.54) is 9.75 Å². The number of hydrogen-bond acceptors (Lipinski definition) is 2. The first-order chi connectivity index (χ1) is 7.59. The Morgan fingerprint density at radius 2 is 1.12 bits per heavy atom. The van der Waals surface area contributed by atoms with Gasteiger partial charge in [0.2, 0.25) is 0 Å². The van der Waals surface area contributed by atoms with Gasteiger partial charge in [0.1, 0.15) is 0 Å². The third-order valence-electron chi connectivity index (χ3n) is 1.82. The lowest BCUT2D eigenvalue weighted by Gasteiger charge is -1.91. The Morgan fingerprint density at radius 3 is 1.38 bits per heavy atom. The van der Waals surface area contributed by atoms with Gasteiger partial charge in [0.15, 0.2) is 0 Å². The molecule has 0 bridgehead atoms. The van der Waals surface area contributed by atoms with Crippen LogP contribution in [0.5, 0.6) is 0 Å². The topological polar surface area (TPSA) is 0 Å². The predicted molar refractivity (Wildman–Crippen MR) is 88.4 cm³/mol. The summed E-state index contributed by atoms with van der Waals surface area (Å²) in [6.45, 7) is 0. The second-order valence-electron chi connectivity index (χ2n) is 2.86. The smallest absolute Gasteiger partial charge is 0.0497 e. The van der Waals surface area contributed by atoms with Gasteiger partial charge in [-0.25, -0.2) is 0 Å². The number of halogens is 4. The Morgan fingerprint density at radius 1 is 0.750 bits per heavy atom. The minimum atomic E-state index is 1.10. The van der Waals surface area contributed by atoms with Gasteiger partial charge in [-0.3, -0.25) is 0 Å². The Bertz CT molecular complexity index is 491. The van der Waals surface area contributed by atoms with Crippen LogP contribution in [-0.4, -0.2) is 0 Å². The molecule has 2 rings (SSSR count). The fraction of sp³-hybridized carbons (Fsp3) is 0. The van der Waals surface area contributed by atoms with E-state index in [1.54, 1.807) is 22.7 Å². The maximum absolute atomic E-state index is 3.54. The summed E-state index contributed by atoms with van der Waals surface area (Å²) in [5, 5.41) is 4.15. The molecular formula is C10H4Br4S2. The van der Waals surface area contributed by atoms with Crippen LogP contribution in [0, 0.1) is 0 Å². The van der Waals surface area contributed by atoms with Crippen molar-refractivity contribution >= 4 is 98.5 Å². The highest BCUT2D eigenvalue weighted by atomic mass is 79.9. The van der Waals surface area contributed by atoms with Crippen molar-refractivity contribution in [3.05, 3.63) is 38.4 Å². The molecule has 6 heteroatoms. The molecule has 84 valence electrons. The molecule has 0 aliphatic rings. The maximum atomic E-state index is 3.54. The zero-order valence-corrected chi connectivity index (χ0v) is 15.6. The lowest BCUT2D eigenvalue weighted by molar-refractivity contribution is 1.74. The molecule has 0 saturated heterocycles. The summed E-state index contributed by atoms with van der Waals surface area (Å²) in [7, 11) is 0. The monoisotopic (exact) mass is 504 g/mol. The summed E-state index contributed by atoms with van der Waals surface area (Å²) in [6, 6.07) is 0. The average Bonchev–Trinajstić information content (AvgIpc) is 2.74. The van der Waals surface area contributed by atoms with Crippen LogP contribution in [0.3, 0.4) is 0 Å². The van der Waals surface area contributed by atoms with Gasteiger partial charge in [0.05, 0.1) is 0 Å². The van der Waals surface area contributed by atoms with E-state index in [2.05, 4.69) is 86.6 Å². The van der Waals surface area contributed by atoms with E-state index in [-0.39, 0.29) is 0 Å². The second kappa shape index (κ2) is 5.80. The van der Waals surface area contributed by atoms with Crippen LogP contribution in [0.1, 0.15) is 9.75 Å². The lowest BCUT2D eigenvalue weighted by Crippen LogP contribution is -1.66. The van der Waals surface area contributed by atoms with Crippen molar-refractivity contribution < 1.29 is 0 Å². The van der Waals surface area contributed by atoms with Gasteiger partial charge in [-0.1, -0.05) is 0 Å². The van der Waals surface area contributed by atoms with Crippen LogP contribution in [0.2, 0.25) is 0 Å². The largest absolute Gasteiger partial charge is 0.142 e. The van der Waals surface area contributed by atoms with Crippen LogP contribution < -0.4 is 0 Å². The summed E-state index contributed by atoms with van der Waals surface area (Å²) in [6.07, 6.45) is 4.23. The van der Waals surface area contributed by atoms with Crippen molar-refractivity contribution in [2.24, 2.45) is 0 Å². The van der Waals surface area contributed by atoms with Gasteiger partial charge in [-0.05, 0) is 75.9 Å². The van der Waals surface area contributed by atoms with Gasteiger partial charge in [0.25, 0.3) is 0 Å². The summed E-state index contributed by atoms with van der Waals surface area (Å²) in [4.78, 5) is 2.42.